The number of pyridine rings is 1. The van der Waals surface area contributed by atoms with Crippen LogP contribution in [0.1, 0.15) is 31.9 Å². The van der Waals surface area contributed by atoms with E-state index in [4.69, 9.17) is 16.5 Å². The zero-order valence-electron chi connectivity index (χ0n) is 17.4. The summed E-state index contributed by atoms with van der Waals surface area (Å²) in [5, 5.41) is 4.11. The van der Waals surface area contributed by atoms with Crippen molar-refractivity contribution >= 4 is 34.0 Å². The summed E-state index contributed by atoms with van der Waals surface area (Å²) in [6.45, 7) is 2.18. The molecule has 158 valence electrons. The molecule has 0 aliphatic rings. The second-order valence-electron chi connectivity index (χ2n) is 7.52. The predicted molar refractivity (Wildman–Crippen MR) is 125 cm³/mol. The predicted octanol–water partition coefficient (Wildman–Crippen LogP) is 5.47. The van der Waals surface area contributed by atoms with Gasteiger partial charge in [0.25, 0.3) is 0 Å². The van der Waals surface area contributed by atoms with E-state index in [9.17, 15) is 4.39 Å². The number of hydrogen-bond donors (Lipinski definition) is 3. The highest BCUT2D eigenvalue weighted by atomic mass is 19.1. The number of rotatable bonds is 7. The van der Waals surface area contributed by atoms with E-state index in [0.29, 0.717) is 22.8 Å². The smallest absolute Gasteiger partial charge is 0.222 e. The Morgan fingerprint density at radius 1 is 0.935 bits per heavy atom. The molecule has 2 heterocycles. The molecule has 2 aromatic carbocycles. The van der Waals surface area contributed by atoms with Crippen LogP contribution < -0.4 is 16.8 Å². The van der Waals surface area contributed by atoms with Crippen molar-refractivity contribution in [2.75, 3.05) is 16.8 Å². The van der Waals surface area contributed by atoms with E-state index in [2.05, 4.69) is 22.2 Å². The van der Waals surface area contributed by atoms with Crippen molar-refractivity contribution in [2.45, 2.75) is 32.6 Å². The van der Waals surface area contributed by atoms with Crippen LogP contribution in [0.2, 0.25) is 0 Å². The van der Waals surface area contributed by atoms with Crippen LogP contribution >= 0.6 is 0 Å². The van der Waals surface area contributed by atoms with Crippen molar-refractivity contribution in [1.29, 1.82) is 0 Å². The van der Waals surface area contributed by atoms with E-state index in [1.165, 1.54) is 25.0 Å². The first-order valence-corrected chi connectivity index (χ1v) is 10.4. The Labute approximate surface area is 180 Å². The normalized spacial score (nSPS) is 11.0. The number of aromatic nitrogens is 3. The average Bonchev–Trinajstić information content (AvgIpc) is 2.74. The van der Waals surface area contributed by atoms with Crippen LogP contribution in [0.5, 0.6) is 0 Å². The van der Waals surface area contributed by atoms with Gasteiger partial charge in [-0.15, -0.1) is 0 Å². The molecule has 4 rings (SSSR count). The molecule has 0 aliphatic heterocycles. The number of aryl methyl sites for hydroxylation is 1. The first-order valence-electron chi connectivity index (χ1n) is 10.4. The van der Waals surface area contributed by atoms with Gasteiger partial charge in [0.15, 0.2) is 0 Å². The Morgan fingerprint density at radius 2 is 1.81 bits per heavy atom. The highest BCUT2D eigenvalue weighted by Gasteiger charge is 2.09. The zero-order chi connectivity index (χ0) is 21.8. The molecule has 2 aromatic heterocycles. The molecule has 0 amide bonds. The van der Waals surface area contributed by atoms with Gasteiger partial charge in [0.2, 0.25) is 5.95 Å². The summed E-state index contributed by atoms with van der Waals surface area (Å²) in [5.74, 6) is 0.271. The monoisotopic (exact) mass is 416 g/mol. The third-order valence-electron chi connectivity index (χ3n) is 5.07. The number of halogens is 1. The van der Waals surface area contributed by atoms with Crippen molar-refractivity contribution in [1.82, 2.24) is 15.0 Å². The summed E-state index contributed by atoms with van der Waals surface area (Å²) >= 11 is 0. The lowest BCUT2D eigenvalue weighted by atomic mass is 10.1. The third-order valence-corrected chi connectivity index (χ3v) is 5.07. The summed E-state index contributed by atoms with van der Waals surface area (Å²) in [4.78, 5) is 13.2. The summed E-state index contributed by atoms with van der Waals surface area (Å²) in [6.07, 6.45) is 4.39. The lowest BCUT2D eigenvalue weighted by Gasteiger charge is -2.11. The third kappa shape index (κ3) is 4.88. The number of nitrogen functional groups attached to an aromatic ring is 2. The van der Waals surface area contributed by atoms with Gasteiger partial charge < -0.3 is 16.8 Å². The van der Waals surface area contributed by atoms with Crippen LogP contribution in [0.25, 0.3) is 22.2 Å². The number of nitrogens with zero attached hydrogens (tertiary/aromatic N) is 3. The minimum absolute atomic E-state index is 0.1000. The highest BCUT2D eigenvalue weighted by Crippen LogP contribution is 2.28. The molecule has 0 saturated carbocycles. The number of anilines is 4. The summed E-state index contributed by atoms with van der Waals surface area (Å²) < 4.78 is 13.6. The van der Waals surface area contributed by atoms with Crippen molar-refractivity contribution in [3.05, 3.63) is 66.1 Å². The van der Waals surface area contributed by atoms with Crippen LogP contribution in [0.3, 0.4) is 0 Å². The van der Waals surface area contributed by atoms with Gasteiger partial charge in [-0.2, -0.15) is 4.98 Å². The summed E-state index contributed by atoms with van der Waals surface area (Å²) in [7, 11) is 0. The van der Waals surface area contributed by atoms with Gasteiger partial charge in [-0.05, 0) is 49.2 Å². The Kier molecular flexibility index (Phi) is 5.93. The van der Waals surface area contributed by atoms with E-state index in [1.807, 2.05) is 24.3 Å². The molecular formula is C24H25FN6. The quantitative estimate of drug-likeness (QED) is 0.345. The van der Waals surface area contributed by atoms with Gasteiger partial charge in [0, 0.05) is 34.1 Å². The molecule has 0 spiro atoms. The van der Waals surface area contributed by atoms with Gasteiger partial charge >= 0.3 is 0 Å². The van der Waals surface area contributed by atoms with Crippen LogP contribution in [0.4, 0.5) is 27.5 Å². The van der Waals surface area contributed by atoms with E-state index >= 15 is 0 Å². The van der Waals surface area contributed by atoms with E-state index in [1.54, 1.807) is 18.2 Å². The molecule has 31 heavy (non-hydrogen) atoms. The first-order chi connectivity index (χ1) is 15.0. The van der Waals surface area contributed by atoms with Gasteiger partial charge in [-0.1, -0.05) is 31.9 Å². The molecule has 6 nitrogen and oxygen atoms in total. The average molecular weight is 417 g/mol. The summed E-state index contributed by atoms with van der Waals surface area (Å²) in [6, 6.07) is 15.7. The molecule has 7 heteroatoms. The maximum absolute atomic E-state index is 13.6. The fraction of sp³-hybridized carbons (Fsp3) is 0.208. The molecule has 0 saturated heterocycles. The molecule has 0 fully saturated rings. The van der Waals surface area contributed by atoms with Crippen LogP contribution in [0.15, 0.2) is 54.6 Å². The Balaban J connectivity index is 1.61. The number of benzene rings is 2. The van der Waals surface area contributed by atoms with Gasteiger partial charge in [-0.3, -0.25) is 4.98 Å². The lowest BCUT2D eigenvalue weighted by Crippen LogP contribution is -2.02. The molecule has 4 aromatic rings. The molecule has 0 atom stereocenters. The van der Waals surface area contributed by atoms with E-state index in [-0.39, 0.29) is 11.8 Å². The van der Waals surface area contributed by atoms with Gasteiger partial charge in [0.1, 0.15) is 11.6 Å². The van der Waals surface area contributed by atoms with Crippen molar-refractivity contribution in [3.63, 3.8) is 0 Å². The van der Waals surface area contributed by atoms with Crippen molar-refractivity contribution in [3.8, 4) is 11.3 Å². The van der Waals surface area contributed by atoms with Crippen LogP contribution in [-0.4, -0.2) is 15.0 Å². The second-order valence-corrected chi connectivity index (χ2v) is 7.52. The number of nitrogens with one attached hydrogen (secondary N) is 1. The molecular weight excluding hydrogens is 391 g/mol. The maximum atomic E-state index is 13.6. The van der Waals surface area contributed by atoms with Crippen molar-refractivity contribution < 1.29 is 4.39 Å². The Bertz CT molecular complexity index is 1220. The Morgan fingerprint density at radius 3 is 2.61 bits per heavy atom. The molecule has 0 aliphatic carbocycles. The number of nitrogens with two attached hydrogens (primary N) is 2. The fourth-order valence-corrected chi connectivity index (χ4v) is 3.54. The molecule has 0 radical (unpaired) electrons. The number of unbranched alkanes of at least 4 members (excludes halogenated alkanes) is 2. The molecule has 0 bridgehead atoms. The van der Waals surface area contributed by atoms with Crippen LogP contribution in [-0.2, 0) is 6.42 Å². The minimum atomic E-state index is -0.337. The standard InChI is InChI=1S/C24H25FN6/c1-2-3-4-8-17-13-20(26)19-12-18(9-10-21(19)28-17)29-23-14-22(30-24(27)31-23)15-6-5-7-16(25)11-15/h5-7,9-14H,2-4,8H2,1H3,(H2,26,28)(H3,27,29,30,31). The molecule has 0 unspecified atom stereocenters. The molecule has 5 N–H and O–H groups in total. The van der Waals surface area contributed by atoms with Gasteiger partial charge in [0.05, 0.1) is 11.2 Å². The van der Waals surface area contributed by atoms with E-state index < -0.39 is 0 Å². The largest absolute Gasteiger partial charge is 0.398 e. The fourth-order valence-electron chi connectivity index (χ4n) is 3.54. The zero-order valence-corrected chi connectivity index (χ0v) is 17.4. The number of fused-ring (bicyclic) bond motifs is 1. The Hall–Kier alpha value is -3.74. The lowest BCUT2D eigenvalue weighted by molar-refractivity contribution is 0.628. The van der Waals surface area contributed by atoms with E-state index in [0.717, 1.165) is 35.1 Å². The highest BCUT2D eigenvalue weighted by molar-refractivity contribution is 5.93. The second kappa shape index (κ2) is 8.95. The summed E-state index contributed by atoms with van der Waals surface area (Å²) in [5.41, 5.74) is 16.7. The van der Waals surface area contributed by atoms with Crippen LogP contribution in [0, 0.1) is 5.82 Å². The van der Waals surface area contributed by atoms with Crippen molar-refractivity contribution in [2.24, 2.45) is 0 Å². The number of hydrogen-bond acceptors (Lipinski definition) is 6. The maximum Gasteiger partial charge on any atom is 0.222 e. The topological polar surface area (TPSA) is 103 Å². The first kappa shape index (κ1) is 20.5. The minimum Gasteiger partial charge on any atom is -0.398 e. The SMILES string of the molecule is CCCCCc1cc(N)c2cc(Nc3cc(-c4cccc(F)c4)nc(N)n3)ccc2n1. The van der Waals surface area contributed by atoms with Gasteiger partial charge in [-0.25, -0.2) is 9.37 Å².